The third-order valence-corrected chi connectivity index (χ3v) is 4.12. The normalized spacial score (nSPS) is 10.8. The number of amides is 1. The van der Waals surface area contributed by atoms with Crippen LogP contribution in [0.4, 0.5) is 14.5 Å². The van der Waals surface area contributed by atoms with Crippen LogP contribution in [0, 0.1) is 0 Å². The standard InChI is InChI=1S/C14H13F2NOS2/c15-14(16)20-12-4-2-1-3-11(12)17-13(18)6-5-10-7-8-19-9-10/h1-4,7-9,14H,5-6H2,(H,17,18). The molecule has 1 N–H and O–H groups in total. The summed E-state index contributed by atoms with van der Waals surface area (Å²) in [5, 5.41) is 6.64. The molecule has 1 amide bonds. The van der Waals surface area contributed by atoms with Gasteiger partial charge in [0.25, 0.3) is 5.76 Å². The van der Waals surface area contributed by atoms with Crippen LogP contribution in [-0.4, -0.2) is 11.7 Å². The van der Waals surface area contributed by atoms with Gasteiger partial charge in [-0.3, -0.25) is 4.79 Å². The number of halogens is 2. The van der Waals surface area contributed by atoms with Crippen molar-refractivity contribution in [3.05, 3.63) is 46.7 Å². The summed E-state index contributed by atoms with van der Waals surface area (Å²) in [6.45, 7) is 0. The van der Waals surface area contributed by atoms with Crippen molar-refractivity contribution in [1.82, 2.24) is 0 Å². The van der Waals surface area contributed by atoms with E-state index in [0.717, 1.165) is 5.56 Å². The van der Waals surface area contributed by atoms with Crippen LogP contribution in [0.3, 0.4) is 0 Å². The number of thioether (sulfide) groups is 1. The highest BCUT2D eigenvalue weighted by atomic mass is 32.2. The van der Waals surface area contributed by atoms with Crippen molar-refractivity contribution in [2.24, 2.45) is 0 Å². The molecule has 20 heavy (non-hydrogen) atoms. The fraction of sp³-hybridized carbons (Fsp3) is 0.214. The predicted octanol–water partition coefficient (Wildman–Crippen LogP) is 4.63. The average Bonchev–Trinajstić information content (AvgIpc) is 2.91. The van der Waals surface area contributed by atoms with Gasteiger partial charge in [0, 0.05) is 11.3 Å². The molecule has 106 valence electrons. The highest BCUT2D eigenvalue weighted by molar-refractivity contribution is 7.99. The molecule has 1 aromatic carbocycles. The number of carbonyl (C=O) groups is 1. The summed E-state index contributed by atoms with van der Waals surface area (Å²) in [4.78, 5) is 12.2. The van der Waals surface area contributed by atoms with Gasteiger partial charge in [-0.25, -0.2) is 0 Å². The number of hydrogen-bond acceptors (Lipinski definition) is 3. The number of benzene rings is 1. The Morgan fingerprint density at radius 2 is 2.10 bits per heavy atom. The Morgan fingerprint density at radius 1 is 1.30 bits per heavy atom. The molecule has 0 aliphatic rings. The summed E-state index contributed by atoms with van der Waals surface area (Å²) in [5.74, 6) is -2.67. The molecule has 0 aliphatic carbocycles. The zero-order valence-corrected chi connectivity index (χ0v) is 12.1. The molecule has 1 aromatic heterocycles. The molecule has 0 aliphatic heterocycles. The minimum Gasteiger partial charge on any atom is -0.325 e. The molecule has 0 atom stereocenters. The third-order valence-electron chi connectivity index (χ3n) is 2.60. The molecule has 0 saturated heterocycles. The molecular formula is C14H13F2NOS2. The van der Waals surface area contributed by atoms with Gasteiger partial charge in [-0.2, -0.15) is 20.1 Å². The van der Waals surface area contributed by atoms with E-state index in [0.29, 0.717) is 35.2 Å². The zero-order valence-electron chi connectivity index (χ0n) is 10.5. The quantitative estimate of drug-likeness (QED) is 0.788. The van der Waals surface area contributed by atoms with E-state index in [9.17, 15) is 13.6 Å². The number of alkyl halides is 2. The van der Waals surface area contributed by atoms with Crippen LogP contribution in [0.25, 0.3) is 0 Å². The Labute approximate surface area is 124 Å². The number of anilines is 1. The lowest BCUT2D eigenvalue weighted by Crippen LogP contribution is -2.12. The second kappa shape index (κ2) is 7.40. The molecular weight excluding hydrogens is 300 g/mol. The molecule has 0 radical (unpaired) electrons. The van der Waals surface area contributed by atoms with Gasteiger partial charge in [0.15, 0.2) is 0 Å². The van der Waals surface area contributed by atoms with Crippen LogP contribution < -0.4 is 5.32 Å². The van der Waals surface area contributed by atoms with Gasteiger partial charge in [-0.05, 0) is 40.9 Å². The van der Waals surface area contributed by atoms with Crippen LogP contribution in [0.5, 0.6) is 0 Å². The Kier molecular flexibility index (Phi) is 5.55. The van der Waals surface area contributed by atoms with E-state index >= 15 is 0 Å². The minimum absolute atomic E-state index is 0.168. The first-order valence-electron chi connectivity index (χ1n) is 6.00. The first-order chi connectivity index (χ1) is 9.65. The molecule has 2 aromatic rings. The van der Waals surface area contributed by atoms with Crippen molar-refractivity contribution in [2.75, 3.05) is 5.32 Å². The molecule has 0 unspecified atom stereocenters. The van der Waals surface area contributed by atoms with E-state index in [-0.39, 0.29) is 5.91 Å². The molecule has 1 heterocycles. The van der Waals surface area contributed by atoms with Gasteiger partial charge < -0.3 is 5.32 Å². The summed E-state index contributed by atoms with van der Waals surface area (Å²) in [6.07, 6.45) is 0.990. The van der Waals surface area contributed by atoms with Gasteiger partial charge in [0.1, 0.15) is 0 Å². The van der Waals surface area contributed by atoms with Crippen LogP contribution in [0.15, 0.2) is 46.0 Å². The summed E-state index contributed by atoms with van der Waals surface area (Å²) >= 11 is 2.02. The Hall–Kier alpha value is -1.40. The first kappa shape index (κ1) is 15.0. The van der Waals surface area contributed by atoms with Gasteiger partial charge in [-0.15, -0.1) is 0 Å². The highest BCUT2D eigenvalue weighted by Gasteiger charge is 2.11. The average molecular weight is 313 g/mol. The SMILES string of the molecule is O=C(CCc1ccsc1)Nc1ccccc1SC(F)F. The number of nitrogens with one attached hydrogen (secondary N) is 1. The monoisotopic (exact) mass is 313 g/mol. The van der Waals surface area contributed by atoms with E-state index in [1.165, 1.54) is 0 Å². The first-order valence-corrected chi connectivity index (χ1v) is 7.82. The molecule has 0 saturated carbocycles. The zero-order chi connectivity index (χ0) is 14.4. The van der Waals surface area contributed by atoms with Gasteiger partial charge in [0.2, 0.25) is 5.91 Å². The maximum absolute atomic E-state index is 12.4. The van der Waals surface area contributed by atoms with Crippen LogP contribution in [-0.2, 0) is 11.2 Å². The molecule has 0 spiro atoms. The Balaban J connectivity index is 1.93. The summed E-state index contributed by atoms with van der Waals surface area (Å²) in [5.41, 5.74) is 1.55. The number of hydrogen-bond donors (Lipinski definition) is 1. The van der Waals surface area contributed by atoms with E-state index in [1.54, 1.807) is 35.6 Å². The maximum atomic E-state index is 12.4. The number of thiophene rings is 1. The van der Waals surface area contributed by atoms with Crippen molar-refractivity contribution in [2.45, 2.75) is 23.5 Å². The van der Waals surface area contributed by atoms with E-state index < -0.39 is 5.76 Å². The Bertz CT molecular complexity index is 558. The maximum Gasteiger partial charge on any atom is 0.288 e. The van der Waals surface area contributed by atoms with Crippen LogP contribution >= 0.6 is 23.1 Å². The van der Waals surface area contributed by atoms with Crippen molar-refractivity contribution in [3.8, 4) is 0 Å². The number of carbonyl (C=O) groups excluding carboxylic acids is 1. The number of para-hydroxylation sites is 1. The summed E-state index contributed by atoms with van der Waals surface area (Å²) < 4.78 is 24.8. The number of aryl methyl sites for hydroxylation is 1. The summed E-state index contributed by atoms with van der Waals surface area (Å²) in [7, 11) is 0. The molecule has 2 rings (SSSR count). The molecule has 6 heteroatoms. The molecule has 0 fully saturated rings. The number of rotatable bonds is 6. The van der Waals surface area contributed by atoms with E-state index in [2.05, 4.69) is 5.32 Å². The minimum atomic E-state index is -2.50. The summed E-state index contributed by atoms with van der Waals surface area (Å²) in [6, 6.07) is 8.56. The lowest BCUT2D eigenvalue weighted by molar-refractivity contribution is -0.116. The van der Waals surface area contributed by atoms with Gasteiger partial charge >= 0.3 is 0 Å². The largest absolute Gasteiger partial charge is 0.325 e. The van der Waals surface area contributed by atoms with Gasteiger partial charge in [0.05, 0.1) is 5.69 Å². The van der Waals surface area contributed by atoms with Crippen LogP contribution in [0.1, 0.15) is 12.0 Å². The fourth-order valence-electron chi connectivity index (χ4n) is 1.67. The Morgan fingerprint density at radius 3 is 2.80 bits per heavy atom. The lowest BCUT2D eigenvalue weighted by Gasteiger charge is -2.10. The van der Waals surface area contributed by atoms with Crippen LogP contribution in [0.2, 0.25) is 0 Å². The van der Waals surface area contributed by atoms with Crippen molar-refractivity contribution < 1.29 is 13.6 Å². The second-order valence-corrected chi connectivity index (χ2v) is 5.87. The molecule has 0 bridgehead atoms. The topological polar surface area (TPSA) is 29.1 Å². The lowest BCUT2D eigenvalue weighted by atomic mass is 10.2. The highest BCUT2D eigenvalue weighted by Crippen LogP contribution is 2.31. The van der Waals surface area contributed by atoms with E-state index in [4.69, 9.17) is 0 Å². The van der Waals surface area contributed by atoms with Gasteiger partial charge in [-0.1, -0.05) is 23.9 Å². The van der Waals surface area contributed by atoms with Crippen molar-refractivity contribution in [1.29, 1.82) is 0 Å². The molecule has 2 nitrogen and oxygen atoms in total. The van der Waals surface area contributed by atoms with E-state index in [1.807, 2.05) is 16.8 Å². The predicted molar refractivity (Wildman–Crippen MR) is 79.6 cm³/mol. The third kappa shape index (κ3) is 4.61. The fourth-order valence-corrected chi connectivity index (χ4v) is 2.97. The second-order valence-electron chi connectivity index (χ2n) is 4.05. The smallest absolute Gasteiger partial charge is 0.288 e. The van der Waals surface area contributed by atoms with Crippen molar-refractivity contribution in [3.63, 3.8) is 0 Å². The van der Waals surface area contributed by atoms with Crippen molar-refractivity contribution >= 4 is 34.7 Å².